The Bertz CT molecular complexity index is 709. The number of piperazine rings is 1. The maximum atomic E-state index is 13.0. The molecule has 7 heteroatoms. The van der Waals surface area contributed by atoms with Crippen molar-refractivity contribution in [3.63, 3.8) is 0 Å². The van der Waals surface area contributed by atoms with Crippen molar-refractivity contribution in [2.75, 3.05) is 43.1 Å². The van der Waals surface area contributed by atoms with E-state index >= 15 is 0 Å². The van der Waals surface area contributed by atoms with E-state index < -0.39 is 0 Å². The van der Waals surface area contributed by atoms with Gasteiger partial charge in [-0.25, -0.2) is 9.37 Å². The fourth-order valence-corrected chi connectivity index (χ4v) is 2.69. The standard InChI is InChI=1S/C16H19FN4O2/c1-23-11-13-10-15(22)19-16(18-13)21-8-6-20(7-9-21)14-4-2-12(17)3-5-14/h2-5,10H,6-9,11H2,1H3,(H,18,19,22). The second-order valence-corrected chi connectivity index (χ2v) is 5.44. The molecule has 6 nitrogen and oxygen atoms in total. The highest BCUT2D eigenvalue weighted by molar-refractivity contribution is 5.48. The first kappa shape index (κ1) is 15.5. The smallest absolute Gasteiger partial charge is 0.252 e. The van der Waals surface area contributed by atoms with Crippen LogP contribution >= 0.6 is 0 Å². The molecule has 122 valence electrons. The number of hydrogen-bond acceptors (Lipinski definition) is 5. The zero-order valence-electron chi connectivity index (χ0n) is 13.0. The minimum Gasteiger partial charge on any atom is -0.378 e. The number of H-pyrrole nitrogens is 1. The summed E-state index contributed by atoms with van der Waals surface area (Å²) in [7, 11) is 1.57. The summed E-state index contributed by atoms with van der Waals surface area (Å²) >= 11 is 0. The molecule has 0 atom stereocenters. The number of aromatic nitrogens is 2. The molecule has 0 bridgehead atoms. The summed E-state index contributed by atoms with van der Waals surface area (Å²) in [4.78, 5) is 23.2. The zero-order valence-corrected chi connectivity index (χ0v) is 13.0. The lowest BCUT2D eigenvalue weighted by atomic mass is 10.2. The number of aromatic amines is 1. The van der Waals surface area contributed by atoms with Gasteiger partial charge in [0.05, 0.1) is 12.3 Å². The molecule has 0 aliphatic carbocycles. The maximum absolute atomic E-state index is 13.0. The van der Waals surface area contributed by atoms with Crippen LogP contribution in [0.25, 0.3) is 0 Å². The minimum absolute atomic E-state index is 0.178. The van der Waals surface area contributed by atoms with E-state index in [0.29, 0.717) is 18.2 Å². The van der Waals surface area contributed by atoms with Crippen molar-refractivity contribution >= 4 is 11.6 Å². The molecule has 2 aromatic rings. The third kappa shape index (κ3) is 3.68. The van der Waals surface area contributed by atoms with Gasteiger partial charge in [0.1, 0.15) is 5.82 Å². The summed E-state index contributed by atoms with van der Waals surface area (Å²) < 4.78 is 18.0. The lowest BCUT2D eigenvalue weighted by Crippen LogP contribution is -2.47. The lowest BCUT2D eigenvalue weighted by molar-refractivity contribution is 0.181. The summed E-state index contributed by atoms with van der Waals surface area (Å²) in [5.74, 6) is 0.340. The highest BCUT2D eigenvalue weighted by Crippen LogP contribution is 2.18. The van der Waals surface area contributed by atoms with E-state index in [1.165, 1.54) is 18.2 Å². The number of nitrogens with zero attached hydrogens (tertiary/aromatic N) is 3. The molecule has 2 heterocycles. The molecule has 1 saturated heterocycles. The molecule has 0 unspecified atom stereocenters. The summed E-state index contributed by atoms with van der Waals surface area (Å²) in [5.41, 5.74) is 1.44. The molecule has 1 aliphatic rings. The largest absolute Gasteiger partial charge is 0.378 e. The van der Waals surface area contributed by atoms with Crippen molar-refractivity contribution < 1.29 is 9.13 Å². The Morgan fingerprint density at radius 1 is 1.17 bits per heavy atom. The van der Waals surface area contributed by atoms with Gasteiger partial charge in [-0.1, -0.05) is 0 Å². The van der Waals surface area contributed by atoms with Gasteiger partial charge >= 0.3 is 0 Å². The molecule has 0 amide bonds. The molecule has 0 radical (unpaired) electrons. The van der Waals surface area contributed by atoms with Gasteiger partial charge in [-0.2, -0.15) is 0 Å². The molecular formula is C16H19FN4O2. The molecule has 1 fully saturated rings. The zero-order chi connectivity index (χ0) is 16.2. The molecule has 1 aliphatic heterocycles. The van der Waals surface area contributed by atoms with Crippen molar-refractivity contribution in [3.8, 4) is 0 Å². The predicted octanol–water partition coefficient (Wildman–Crippen LogP) is 1.38. The van der Waals surface area contributed by atoms with Crippen molar-refractivity contribution in [3.05, 3.63) is 52.2 Å². The number of hydrogen-bond donors (Lipinski definition) is 1. The van der Waals surface area contributed by atoms with E-state index in [1.807, 2.05) is 4.90 Å². The molecule has 0 spiro atoms. The van der Waals surface area contributed by atoms with Crippen molar-refractivity contribution in [2.45, 2.75) is 6.61 Å². The van der Waals surface area contributed by atoms with Crippen LogP contribution in [0, 0.1) is 5.82 Å². The van der Waals surface area contributed by atoms with Crippen molar-refractivity contribution in [1.82, 2.24) is 9.97 Å². The number of rotatable bonds is 4. The quantitative estimate of drug-likeness (QED) is 0.923. The molecule has 1 aromatic carbocycles. The Kier molecular flexibility index (Phi) is 4.57. The summed E-state index contributed by atoms with van der Waals surface area (Å²) in [5, 5.41) is 0. The average Bonchev–Trinajstić information content (AvgIpc) is 2.55. The van der Waals surface area contributed by atoms with Gasteiger partial charge in [0, 0.05) is 45.0 Å². The highest BCUT2D eigenvalue weighted by Gasteiger charge is 2.19. The van der Waals surface area contributed by atoms with E-state index in [0.717, 1.165) is 31.9 Å². The minimum atomic E-state index is -0.232. The summed E-state index contributed by atoms with van der Waals surface area (Å²) in [6.07, 6.45) is 0. The van der Waals surface area contributed by atoms with Crippen LogP contribution in [0.15, 0.2) is 35.1 Å². The van der Waals surface area contributed by atoms with E-state index in [-0.39, 0.29) is 11.4 Å². The molecule has 1 aromatic heterocycles. The third-order valence-electron chi connectivity index (χ3n) is 3.85. The first-order valence-electron chi connectivity index (χ1n) is 7.50. The van der Waals surface area contributed by atoms with Crippen molar-refractivity contribution in [1.29, 1.82) is 0 Å². The maximum Gasteiger partial charge on any atom is 0.252 e. The first-order valence-corrected chi connectivity index (χ1v) is 7.50. The predicted molar refractivity (Wildman–Crippen MR) is 86.4 cm³/mol. The second-order valence-electron chi connectivity index (χ2n) is 5.44. The average molecular weight is 318 g/mol. The van der Waals surface area contributed by atoms with Gasteiger partial charge < -0.3 is 14.5 Å². The van der Waals surface area contributed by atoms with Crippen LogP contribution < -0.4 is 15.4 Å². The highest BCUT2D eigenvalue weighted by atomic mass is 19.1. The van der Waals surface area contributed by atoms with Gasteiger partial charge in [-0.3, -0.25) is 9.78 Å². The van der Waals surface area contributed by atoms with E-state index in [1.54, 1.807) is 19.2 Å². The van der Waals surface area contributed by atoms with Crippen LogP contribution in [-0.4, -0.2) is 43.3 Å². The van der Waals surface area contributed by atoms with Gasteiger partial charge in [0.25, 0.3) is 5.56 Å². The first-order chi connectivity index (χ1) is 11.2. The third-order valence-corrected chi connectivity index (χ3v) is 3.85. The number of halogens is 1. The van der Waals surface area contributed by atoms with Gasteiger partial charge in [-0.15, -0.1) is 0 Å². The number of ether oxygens (including phenoxy) is 1. The van der Waals surface area contributed by atoms with Crippen LogP contribution in [-0.2, 0) is 11.3 Å². The number of methoxy groups -OCH3 is 1. The Hall–Kier alpha value is -2.41. The van der Waals surface area contributed by atoms with E-state index in [9.17, 15) is 9.18 Å². The molecule has 23 heavy (non-hydrogen) atoms. The van der Waals surface area contributed by atoms with Crippen LogP contribution in [0.5, 0.6) is 0 Å². The van der Waals surface area contributed by atoms with Crippen LogP contribution in [0.1, 0.15) is 5.69 Å². The van der Waals surface area contributed by atoms with Gasteiger partial charge in [0.15, 0.2) is 0 Å². The number of nitrogens with one attached hydrogen (secondary N) is 1. The van der Waals surface area contributed by atoms with Crippen LogP contribution in [0.4, 0.5) is 16.0 Å². The lowest BCUT2D eigenvalue weighted by Gasteiger charge is -2.36. The Labute approximate surface area is 133 Å². The summed E-state index contributed by atoms with van der Waals surface area (Å²) in [6.45, 7) is 3.34. The van der Waals surface area contributed by atoms with Gasteiger partial charge in [0.2, 0.25) is 5.95 Å². The monoisotopic (exact) mass is 318 g/mol. The normalized spacial score (nSPS) is 15.0. The number of anilines is 2. The Morgan fingerprint density at radius 2 is 1.83 bits per heavy atom. The Morgan fingerprint density at radius 3 is 2.48 bits per heavy atom. The SMILES string of the molecule is COCc1cc(=O)[nH]c(N2CCN(c3ccc(F)cc3)CC2)n1. The van der Waals surface area contributed by atoms with Crippen LogP contribution in [0.2, 0.25) is 0 Å². The topological polar surface area (TPSA) is 61.5 Å². The summed E-state index contributed by atoms with van der Waals surface area (Å²) in [6, 6.07) is 7.94. The Balaban J connectivity index is 1.69. The van der Waals surface area contributed by atoms with E-state index in [2.05, 4.69) is 14.9 Å². The fourth-order valence-electron chi connectivity index (χ4n) is 2.69. The van der Waals surface area contributed by atoms with Crippen LogP contribution in [0.3, 0.4) is 0 Å². The van der Waals surface area contributed by atoms with Crippen molar-refractivity contribution in [2.24, 2.45) is 0 Å². The fraction of sp³-hybridized carbons (Fsp3) is 0.375. The van der Waals surface area contributed by atoms with E-state index in [4.69, 9.17) is 4.74 Å². The number of benzene rings is 1. The molecule has 1 N–H and O–H groups in total. The molecule has 3 rings (SSSR count). The second kappa shape index (κ2) is 6.78. The van der Waals surface area contributed by atoms with Gasteiger partial charge in [-0.05, 0) is 24.3 Å². The molecular weight excluding hydrogens is 299 g/mol. The molecule has 0 saturated carbocycles.